The molecule has 1 aliphatic rings. The first-order valence-electron chi connectivity index (χ1n) is 1.95. The number of ether oxygens (including phenoxy) is 1. The van der Waals surface area contributed by atoms with Crippen LogP contribution >= 0.6 is 0 Å². The predicted octanol–water partition coefficient (Wildman–Crippen LogP) is -0.396. The Kier molecular flexibility index (Phi) is 4.32. The van der Waals surface area contributed by atoms with Gasteiger partial charge in [-0.05, 0) is 0 Å². The maximum Gasteiger partial charge on any atom is 0.261 e. The van der Waals surface area contributed by atoms with Gasteiger partial charge in [0.25, 0.3) is 5.91 Å². The van der Waals surface area contributed by atoms with E-state index in [0.29, 0.717) is 0 Å². The van der Waals surface area contributed by atoms with E-state index < -0.39 is 0 Å². The van der Waals surface area contributed by atoms with Gasteiger partial charge in [-0.15, -0.1) is 0 Å². The number of nitrogens with one attached hydrogen (secondary N) is 1. The number of carbonyl (C=O) groups excluding carboxylic acids is 1. The molecule has 1 heterocycles. The molecule has 4 heteroatoms. The summed E-state index contributed by atoms with van der Waals surface area (Å²) in [5.41, 5.74) is 0. The van der Waals surface area contributed by atoms with Crippen molar-refractivity contribution in [3.05, 3.63) is 12.5 Å². The van der Waals surface area contributed by atoms with E-state index in [9.17, 15) is 4.79 Å². The van der Waals surface area contributed by atoms with E-state index in [2.05, 4.69) is 10.1 Å². The Bertz CT molecular complexity index is 113. The second-order valence-electron chi connectivity index (χ2n) is 1.18. The topological polar surface area (TPSA) is 38.3 Å². The Morgan fingerprint density at radius 1 is 1.75 bits per heavy atom. The van der Waals surface area contributed by atoms with Gasteiger partial charge >= 0.3 is 0 Å². The minimum Gasteiger partial charge on any atom is -0.490 e. The number of carbonyl (C=O) groups is 1. The molecule has 0 unspecified atom stereocenters. The van der Waals surface area contributed by atoms with Gasteiger partial charge in [0.1, 0.15) is 0 Å². The Balaban J connectivity index is 0.000000490. The Labute approximate surface area is 77.1 Å². The SMILES string of the molecule is O=C1COC=CN1.[Ar]. The van der Waals surface area contributed by atoms with Crippen molar-refractivity contribution in [3.8, 4) is 0 Å². The van der Waals surface area contributed by atoms with Crippen LogP contribution in [-0.2, 0) is 9.53 Å². The number of hydrogen-bond donors (Lipinski definition) is 1. The van der Waals surface area contributed by atoms with Gasteiger partial charge in [-0.3, -0.25) is 4.79 Å². The summed E-state index contributed by atoms with van der Waals surface area (Å²) in [5.74, 6) is -0.0949. The molecular weight excluding hydrogens is 134 g/mol. The molecule has 0 bridgehead atoms. The molecule has 0 aliphatic carbocycles. The normalized spacial score (nSPS) is 15.8. The summed E-state index contributed by atoms with van der Waals surface area (Å²) in [6, 6.07) is 0. The van der Waals surface area contributed by atoms with Gasteiger partial charge in [0.2, 0.25) is 0 Å². The second kappa shape index (κ2) is 4.18. The molecule has 1 aliphatic heterocycles. The average molecular weight is 139 g/mol. The first-order valence-corrected chi connectivity index (χ1v) is 1.95. The second-order valence-corrected chi connectivity index (χ2v) is 1.18. The van der Waals surface area contributed by atoms with Crippen molar-refractivity contribution in [2.24, 2.45) is 0 Å². The van der Waals surface area contributed by atoms with Crippen molar-refractivity contribution >= 4 is 5.91 Å². The monoisotopic (exact) mass is 139 g/mol. The van der Waals surface area contributed by atoms with Crippen molar-refractivity contribution in [1.82, 2.24) is 5.32 Å². The summed E-state index contributed by atoms with van der Waals surface area (Å²) >= 11 is 0. The summed E-state index contributed by atoms with van der Waals surface area (Å²) in [4.78, 5) is 10.2. The average Bonchev–Trinajstić information content (AvgIpc) is 1.69. The molecule has 1 N–H and O–H groups in total. The van der Waals surface area contributed by atoms with E-state index in [0.717, 1.165) is 0 Å². The quantitative estimate of drug-likeness (QED) is 0.496. The van der Waals surface area contributed by atoms with Crippen LogP contribution in [0, 0.1) is 37.7 Å². The van der Waals surface area contributed by atoms with Gasteiger partial charge in [-0.25, -0.2) is 0 Å². The van der Waals surface area contributed by atoms with Crippen LogP contribution in [0.4, 0.5) is 0 Å². The number of hydrogen-bond acceptors (Lipinski definition) is 2. The molecular formula is C4H5ArNO2. The van der Waals surface area contributed by atoms with Crippen LogP contribution in [-0.4, -0.2) is 12.5 Å². The molecule has 46 valence electrons. The molecule has 0 aromatic carbocycles. The van der Waals surface area contributed by atoms with Crippen molar-refractivity contribution in [1.29, 1.82) is 0 Å². The molecule has 0 aromatic rings. The standard InChI is InChI=1S/C4H5NO2.Ar/c6-4-3-7-2-1-5-4;/h1-2H,3H2,(H,5,6);. The fraction of sp³-hybridized carbons (Fsp3) is 0.250. The summed E-state index contributed by atoms with van der Waals surface area (Å²) < 4.78 is 4.59. The molecule has 0 saturated carbocycles. The molecule has 0 radical (unpaired) electrons. The zero-order chi connectivity index (χ0) is 5.11. The summed E-state index contributed by atoms with van der Waals surface area (Å²) in [6.07, 6.45) is 2.91. The first kappa shape index (κ1) is 8.27. The molecule has 0 spiro atoms. The van der Waals surface area contributed by atoms with E-state index in [4.69, 9.17) is 0 Å². The van der Waals surface area contributed by atoms with Crippen LogP contribution in [0.15, 0.2) is 12.5 Å². The number of amides is 1. The summed E-state index contributed by atoms with van der Waals surface area (Å²) in [6.45, 7) is 0.149. The third kappa shape index (κ3) is 2.55. The molecule has 1 rings (SSSR count). The first-order chi connectivity index (χ1) is 3.39. The van der Waals surface area contributed by atoms with E-state index in [1.54, 1.807) is 0 Å². The Hall–Kier alpha value is 0.270. The van der Waals surface area contributed by atoms with Gasteiger partial charge in [0.15, 0.2) is 6.61 Å². The number of rotatable bonds is 0. The van der Waals surface area contributed by atoms with Crippen LogP contribution in [0.3, 0.4) is 0 Å². The van der Waals surface area contributed by atoms with Crippen LogP contribution in [0.2, 0.25) is 0 Å². The maximum absolute atomic E-state index is 10.2. The van der Waals surface area contributed by atoms with Gasteiger partial charge in [0, 0.05) is 43.9 Å². The van der Waals surface area contributed by atoms with Crippen LogP contribution < -0.4 is 5.32 Å². The molecule has 1 amide bonds. The van der Waals surface area contributed by atoms with Crippen LogP contribution in [0.5, 0.6) is 0 Å². The van der Waals surface area contributed by atoms with Gasteiger partial charge in [0.05, 0.1) is 6.26 Å². The molecule has 8 heavy (non-hydrogen) atoms. The predicted molar refractivity (Wildman–Crippen MR) is 23.2 cm³/mol. The van der Waals surface area contributed by atoms with E-state index >= 15 is 0 Å². The molecule has 3 nitrogen and oxygen atoms in total. The molecule has 0 fully saturated rings. The van der Waals surface area contributed by atoms with Gasteiger partial charge in [-0.2, -0.15) is 0 Å². The van der Waals surface area contributed by atoms with Crippen LogP contribution in [0.25, 0.3) is 0 Å². The van der Waals surface area contributed by atoms with Crippen molar-refractivity contribution in [3.63, 3.8) is 0 Å². The van der Waals surface area contributed by atoms with E-state index in [1.165, 1.54) is 12.5 Å². The fourth-order valence-electron chi connectivity index (χ4n) is 0.341. The van der Waals surface area contributed by atoms with Gasteiger partial charge in [-0.1, -0.05) is 0 Å². The summed E-state index contributed by atoms with van der Waals surface area (Å²) in [5, 5.41) is 2.44. The molecule has 0 saturated heterocycles. The van der Waals surface area contributed by atoms with E-state index in [1.807, 2.05) is 0 Å². The van der Waals surface area contributed by atoms with Crippen molar-refractivity contribution in [2.45, 2.75) is 0 Å². The van der Waals surface area contributed by atoms with Gasteiger partial charge < -0.3 is 10.1 Å². The van der Waals surface area contributed by atoms with Crippen molar-refractivity contribution in [2.75, 3.05) is 6.61 Å². The largest absolute Gasteiger partial charge is 0.490 e. The summed E-state index contributed by atoms with van der Waals surface area (Å²) in [7, 11) is 0. The van der Waals surface area contributed by atoms with Crippen molar-refractivity contribution < 1.29 is 47.3 Å². The fourth-order valence-corrected chi connectivity index (χ4v) is 0.341. The third-order valence-electron chi connectivity index (χ3n) is 0.623. The minimum atomic E-state index is -0.0949. The Morgan fingerprint density at radius 3 is 2.75 bits per heavy atom. The maximum atomic E-state index is 10.2. The Morgan fingerprint density at radius 2 is 2.50 bits per heavy atom. The molecule has 0 atom stereocenters. The van der Waals surface area contributed by atoms with Crippen LogP contribution in [0.1, 0.15) is 0 Å². The minimum absolute atomic E-state index is 0. The smallest absolute Gasteiger partial charge is 0.261 e. The molecule has 0 aromatic heterocycles. The zero-order valence-corrected chi connectivity index (χ0v) is 4.74. The third-order valence-corrected chi connectivity index (χ3v) is 0.623. The van der Waals surface area contributed by atoms with E-state index in [-0.39, 0.29) is 50.3 Å². The zero-order valence-electron chi connectivity index (χ0n) is 4.03.